The molecule has 12 unspecified atom stereocenters. The maximum absolute atomic E-state index is 14.7. The Labute approximate surface area is 303 Å². The molecule has 52 heavy (non-hydrogen) atoms. The van der Waals surface area contributed by atoms with Gasteiger partial charge in [0.1, 0.15) is 47.9 Å². The summed E-state index contributed by atoms with van der Waals surface area (Å²) in [5.41, 5.74) is 10.00. The van der Waals surface area contributed by atoms with E-state index in [1.807, 2.05) is 5.32 Å². The molecule has 0 aromatic carbocycles. The van der Waals surface area contributed by atoms with Crippen molar-refractivity contribution in [3.8, 4) is 0 Å². The number of rotatable bonds is 13. The Morgan fingerprint density at radius 3 is 2.42 bits per heavy atom. The van der Waals surface area contributed by atoms with Crippen molar-refractivity contribution in [1.82, 2.24) is 5.32 Å². The van der Waals surface area contributed by atoms with Crippen LogP contribution in [0.25, 0.3) is 0 Å². The second-order valence-corrected chi connectivity index (χ2v) is 15.7. The number of Topliss-reactive ketones (excluding diaryl/α,β-unsaturated/α-hetero) is 2. The van der Waals surface area contributed by atoms with Gasteiger partial charge in [-0.25, -0.2) is 0 Å². The molecule has 3 saturated carbocycles. The summed E-state index contributed by atoms with van der Waals surface area (Å²) in [6.07, 6.45) is -6.05. The van der Waals surface area contributed by atoms with Crippen LogP contribution in [0.1, 0.15) is 51.4 Å². The van der Waals surface area contributed by atoms with Crippen LogP contribution in [0.4, 0.5) is 0 Å². The molecule has 2 heterocycles. The first kappa shape index (κ1) is 41.0. The van der Waals surface area contributed by atoms with Gasteiger partial charge in [-0.15, -0.1) is 0 Å². The smallest absolute Gasteiger partial charge is 0.340 e. The summed E-state index contributed by atoms with van der Waals surface area (Å²) < 4.78 is 18.0. The lowest BCUT2D eigenvalue weighted by atomic mass is 9.51. The number of nitrogens with one attached hydrogen (secondary N) is 2. The number of aldehydes is 1. The number of carbonyl (C=O) groups is 3. The molecule has 17 heteroatoms. The van der Waals surface area contributed by atoms with E-state index in [0.717, 1.165) is 19.3 Å². The molecule has 5 aliphatic rings. The number of aliphatic hydroxyl groups excluding tert-OH is 5. The molecule has 2 aliphatic heterocycles. The SMILES string of the molecule is C[NH+]=C(N)NCC1C(CCC=O)CC2C(=O)C3C(CO)C(OC)CC(O[C@H]4O[C@H](CO)[C@](O)(CCC5CC[NH2+]C(N)C5)[C@H](O)[C@H]4O)C3C(=O)C2C1O. The highest BCUT2D eigenvalue weighted by molar-refractivity contribution is 6.01. The predicted octanol–water partition coefficient (Wildman–Crippen LogP) is -6.19. The van der Waals surface area contributed by atoms with Crippen molar-refractivity contribution in [3.63, 3.8) is 0 Å². The molecule has 0 radical (unpaired) electrons. The van der Waals surface area contributed by atoms with E-state index < -0.39 is 103 Å². The standard InChI is InChI=1S/C35H59N5O12/c1-38-34(37)40-13-19-17(4-3-9-41)11-18-26(29(19)45)30(46)27-22(12-21(50-2)20(14-42)25(27)28(18)44)51-33-31(47)32(48)35(49,23(15-43)52-33)7-5-16-6-8-39-24(36)10-16/h9,16-27,29,31-33,39,42-43,45,47-49H,3-8,10-15,36H2,1-2H3,(H3,37,38,40)/p+2/t16?,17?,18?,19?,20?,21?,22?,23-,24?,25?,26?,27?,29?,31-,32-,33+,35-/m1/s1. The number of methoxy groups -OCH3 is 1. The molecule has 0 spiro atoms. The van der Waals surface area contributed by atoms with Crippen molar-refractivity contribution < 1.29 is 69.5 Å². The third kappa shape index (κ3) is 7.96. The molecule has 2 saturated heterocycles. The molecule has 0 amide bonds. The first-order chi connectivity index (χ1) is 24.8. The van der Waals surface area contributed by atoms with Gasteiger partial charge in [0.05, 0.1) is 56.9 Å². The van der Waals surface area contributed by atoms with Gasteiger partial charge >= 0.3 is 5.96 Å². The van der Waals surface area contributed by atoms with E-state index in [1.165, 1.54) is 7.11 Å². The summed E-state index contributed by atoms with van der Waals surface area (Å²) in [5.74, 6) is -6.14. The van der Waals surface area contributed by atoms with Gasteiger partial charge in [-0.2, -0.15) is 0 Å². The first-order valence-corrected chi connectivity index (χ1v) is 18.8. The van der Waals surface area contributed by atoms with Crippen LogP contribution in [0.2, 0.25) is 0 Å². The highest BCUT2D eigenvalue weighted by Gasteiger charge is 2.64. The second-order valence-electron chi connectivity index (χ2n) is 15.7. The second kappa shape index (κ2) is 17.5. The fourth-order valence-corrected chi connectivity index (χ4v) is 10.1. The van der Waals surface area contributed by atoms with E-state index in [9.17, 15) is 45.0 Å². The number of piperidine rings is 1. The van der Waals surface area contributed by atoms with Gasteiger partial charge in [-0.05, 0) is 43.9 Å². The van der Waals surface area contributed by atoms with Crippen LogP contribution in [0, 0.1) is 47.3 Å². The lowest BCUT2D eigenvalue weighted by Gasteiger charge is -2.55. The van der Waals surface area contributed by atoms with Gasteiger partial charge in [-0.1, -0.05) is 0 Å². The van der Waals surface area contributed by atoms with Crippen molar-refractivity contribution in [3.05, 3.63) is 0 Å². The Morgan fingerprint density at radius 1 is 1.04 bits per heavy atom. The number of ketones is 2. The molecule has 0 aromatic heterocycles. The van der Waals surface area contributed by atoms with Crippen LogP contribution in [-0.4, -0.2) is 150 Å². The number of aliphatic hydroxyl groups is 6. The number of hydrogen-bond acceptors (Lipinski definition) is 13. The Bertz CT molecular complexity index is 1270. The Hall–Kier alpha value is -2.16. The highest BCUT2D eigenvalue weighted by atomic mass is 16.7. The third-order valence-corrected chi connectivity index (χ3v) is 13.0. The molecular weight excluding hydrogens is 682 g/mol. The summed E-state index contributed by atoms with van der Waals surface area (Å²) in [6.45, 7) is -0.156. The topological polar surface area (TPSA) is 295 Å². The van der Waals surface area contributed by atoms with Crippen LogP contribution in [0.5, 0.6) is 0 Å². The van der Waals surface area contributed by atoms with Crippen molar-refractivity contribution in [2.24, 2.45) is 58.8 Å². The fourth-order valence-electron chi connectivity index (χ4n) is 10.1. The van der Waals surface area contributed by atoms with Crippen molar-refractivity contribution >= 4 is 23.8 Å². The molecule has 0 bridgehead atoms. The molecule has 5 fully saturated rings. The monoisotopic (exact) mass is 743 g/mol. The minimum absolute atomic E-state index is 0.00564. The van der Waals surface area contributed by atoms with Crippen molar-refractivity contribution in [2.45, 2.75) is 106 Å². The average molecular weight is 744 g/mol. The zero-order chi connectivity index (χ0) is 37.9. The lowest BCUT2D eigenvalue weighted by Crippen LogP contribution is -2.94. The largest absolute Gasteiger partial charge is 0.396 e. The summed E-state index contributed by atoms with van der Waals surface area (Å²) in [5, 5.41) is 72.1. The Balaban J connectivity index is 1.40. The molecule has 0 aromatic rings. The number of fused-ring (bicyclic) bond motifs is 2. The van der Waals surface area contributed by atoms with E-state index in [0.29, 0.717) is 19.3 Å². The molecule has 3 aliphatic carbocycles. The van der Waals surface area contributed by atoms with Crippen LogP contribution in [0.15, 0.2) is 0 Å². The molecule has 14 N–H and O–H groups in total. The van der Waals surface area contributed by atoms with Gasteiger partial charge in [0.15, 0.2) is 6.29 Å². The normalized spacial score (nSPS) is 45.6. The molecule has 17 nitrogen and oxygen atoms in total. The summed E-state index contributed by atoms with van der Waals surface area (Å²) >= 11 is 0. The average Bonchev–Trinajstić information content (AvgIpc) is 3.14. The Kier molecular flexibility index (Phi) is 13.8. The molecule has 296 valence electrons. The maximum Gasteiger partial charge on any atom is 0.340 e. The quantitative estimate of drug-likeness (QED) is 0.0475. The van der Waals surface area contributed by atoms with Crippen LogP contribution >= 0.6 is 0 Å². The zero-order valence-electron chi connectivity index (χ0n) is 30.2. The van der Waals surface area contributed by atoms with E-state index in [-0.39, 0.29) is 62.0 Å². The van der Waals surface area contributed by atoms with Gasteiger partial charge < -0.3 is 55.0 Å². The number of guanidine groups is 1. The van der Waals surface area contributed by atoms with Crippen LogP contribution in [-0.2, 0) is 28.6 Å². The predicted molar refractivity (Wildman–Crippen MR) is 181 cm³/mol. The summed E-state index contributed by atoms with van der Waals surface area (Å²) in [6, 6.07) is 0. The zero-order valence-corrected chi connectivity index (χ0v) is 30.2. The third-order valence-electron chi connectivity index (χ3n) is 13.0. The van der Waals surface area contributed by atoms with Crippen LogP contribution < -0.4 is 27.1 Å². The van der Waals surface area contributed by atoms with E-state index in [1.54, 1.807) is 7.05 Å². The van der Waals surface area contributed by atoms with Crippen LogP contribution in [0.3, 0.4) is 0 Å². The van der Waals surface area contributed by atoms with Gasteiger partial charge in [-0.3, -0.25) is 31.4 Å². The van der Waals surface area contributed by atoms with Gasteiger partial charge in [0.25, 0.3) is 0 Å². The number of hydrogen-bond donors (Lipinski definition) is 11. The van der Waals surface area contributed by atoms with E-state index in [4.69, 9.17) is 25.7 Å². The molecular formula is C35H61N5O12+2. The minimum Gasteiger partial charge on any atom is -0.396 e. The minimum atomic E-state index is -2.01. The number of quaternary nitrogens is 1. The van der Waals surface area contributed by atoms with Gasteiger partial charge in [0, 0.05) is 56.7 Å². The number of nitrogens with two attached hydrogens (primary N) is 3. The number of carbonyl (C=O) groups excluding carboxylic acids is 3. The van der Waals surface area contributed by atoms with E-state index >= 15 is 0 Å². The fraction of sp³-hybridized carbons (Fsp3) is 0.886. The highest BCUT2D eigenvalue weighted by Crippen LogP contribution is 2.53. The summed E-state index contributed by atoms with van der Waals surface area (Å²) in [4.78, 5) is 43.3. The van der Waals surface area contributed by atoms with Crippen molar-refractivity contribution in [1.29, 1.82) is 0 Å². The molecule has 17 atom stereocenters. The molecule has 5 rings (SSSR count). The van der Waals surface area contributed by atoms with E-state index in [2.05, 4.69) is 10.3 Å². The lowest BCUT2D eigenvalue weighted by molar-refractivity contribution is -0.699. The maximum atomic E-state index is 14.7. The first-order valence-electron chi connectivity index (χ1n) is 18.8. The number of ether oxygens (including phenoxy) is 3. The Morgan fingerprint density at radius 2 is 1.79 bits per heavy atom. The van der Waals surface area contributed by atoms with Crippen molar-refractivity contribution in [2.75, 3.05) is 40.5 Å². The summed E-state index contributed by atoms with van der Waals surface area (Å²) in [7, 11) is 3.04. The van der Waals surface area contributed by atoms with Gasteiger partial charge in [0.2, 0.25) is 0 Å².